The Hall–Kier alpha value is -2.02. The van der Waals surface area contributed by atoms with Crippen LogP contribution in [0.3, 0.4) is 0 Å². The van der Waals surface area contributed by atoms with Crippen LogP contribution in [0.15, 0.2) is 36.5 Å². The first kappa shape index (κ1) is 19.3. The third kappa shape index (κ3) is 6.08. The van der Waals surface area contributed by atoms with Crippen molar-refractivity contribution in [3.8, 4) is 0 Å². The summed E-state index contributed by atoms with van der Waals surface area (Å²) in [6, 6.07) is 6.46. The van der Waals surface area contributed by atoms with Gasteiger partial charge in [0.05, 0.1) is 0 Å². The van der Waals surface area contributed by atoms with Crippen LogP contribution in [0.1, 0.15) is 30.2 Å². The number of aryl methyl sites for hydroxylation is 1. The summed E-state index contributed by atoms with van der Waals surface area (Å²) in [5.41, 5.74) is 0.380. The van der Waals surface area contributed by atoms with Gasteiger partial charge in [0.2, 0.25) is 0 Å². The van der Waals surface area contributed by atoms with Crippen molar-refractivity contribution in [3.63, 3.8) is 0 Å². The molecule has 1 aromatic carbocycles. The van der Waals surface area contributed by atoms with Gasteiger partial charge in [-0.15, -0.1) is 0 Å². The Balaban J connectivity index is 1.76. The second kappa shape index (κ2) is 8.38. The number of nitrogens with one attached hydrogen (secondary N) is 1. The van der Waals surface area contributed by atoms with Crippen LogP contribution in [0.5, 0.6) is 0 Å². The first-order chi connectivity index (χ1) is 11.8. The zero-order valence-electron chi connectivity index (χ0n) is 13.7. The van der Waals surface area contributed by atoms with Crippen molar-refractivity contribution in [2.24, 2.45) is 0 Å². The Labute approximate surface area is 143 Å². The predicted octanol–water partition coefficient (Wildman–Crippen LogP) is 4.53. The third-order valence-electron chi connectivity index (χ3n) is 3.78. The molecule has 0 spiro atoms. The molecule has 1 heterocycles. The fourth-order valence-corrected chi connectivity index (χ4v) is 2.52. The minimum absolute atomic E-state index is 0.0352. The van der Waals surface area contributed by atoms with E-state index < -0.39 is 23.5 Å². The van der Waals surface area contributed by atoms with E-state index in [4.69, 9.17) is 0 Å². The molecule has 0 saturated heterocycles. The van der Waals surface area contributed by atoms with E-state index in [1.54, 1.807) is 6.07 Å². The lowest BCUT2D eigenvalue weighted by atomic mass is 10.1. The highest BCUT2D eigenvalue weighted by Crippen LogP contribution is 2.27. The number of pyridine rings is 1. The van der Waals surface area contributed by atoms with Crippen molar-refractivity contribution in [1.29, 1.82) is 0 Å². The molecule has 1 atom stereocenters. The van der Waals surface area contributed by atoms with E-state index in [2.05, 4.69) is 10.3 Å². The summed E-state index contributed by atoms with van der Waals surface area (Å²) in [6.45, 7) is 2.52. The highest BCUT2D eigenvalue weighted by atomic mass is 19.4. The Morgan fingerprint density at radius 3 is 2.48 bits per heavy atom. The molecule has 2 nitrogen and oxygen atoms in total. The predicted molar refractivity (Wildman–Crippen MR) is 85.1 cm³/mol. The van der Waals surface area contributed by atoms with E-state index in [0.29, 0.717) is 36.9 Å². The first-order valence-corrected chi connectivity index (χ1v) is 7.95. The highest BCUT2D eigenvalue weighted by Gasteiger charge is 2.32. The summed E-state index contributed by atoms with van der Waals surface area (Å²) in [4.78, 5) is 3.33. The molecule has 25 heavy (non-hydrogen) atoms. The number of halogens is 5. The smallest absolute Gasteiger partial charge is 0.314 e. The molecule has 1 aromatic heterocycles. The van der Waals surface area contributed by atoms with Gasteiger partial charge in [-0.05, 0) is 68.1 Å². The lowest BCUT2D eigenvalue weighted by Crippen LogP contribution is -2.29. The molecule has 0 aliphatic heterocycles. The third-order valence-corrected chi connectivity index (χ3v) is 3.78. The van der Waals surface area contributed by atoms with Crippen molar-refractivity contribution in [2.45, 2.75) is 38.4 Å². The zero-order valence-corrected chi connectivity index (χ0v) is 13.7. The van der Waals surface area contributed by atoms with E-state index in [1.165, 1.54) is 12.1 Å². The monoisotopic (exact) mass is 358 g/mol. The van der Waals surface area contributed by atoms with Crippen molar-refractivity contribution in [2.75, 3.05) is 6.54 Å². The molecule has 0 radical (unpaired) electrons. The average Bonchev–Trinajstić information content (AvgIpc) is 2.55. The second-order valence-electron chi connectivity index (χ2n) is 5.96. The van der Waals surface area contributed by atoms with Gasteiger partial charge in [0.1, 0.15) is 5.69 Å². The average molecular weight is 358 g/mol. The maximum absolute atomic E-state index is 13.2. The van der Waals surface area contributed by atoms with E-state index >= 15 is 0 Å². The van der Waals surface area contributed by atoms with Crippen LogP contribution in [0.2, 0.25) is 0 Å². The van der Waals surface area contributed by atoms with Crippen molar-refractivity contribution in [1.82, 2.24) is 10.3 Å². The molecule has 136 valence electrons. The molecular weight excluding hydrogens is 339 g/mol. The van der Waals surface area contributed by atoms with E-state index in [0.717, 1.165) is 18.3 Å². The number of hydrogen-bond acceptors (Lipinski definition) is 2. The molecule has 0 saturated carbocycles. The molecule has 0 bridgehead atoms. The van der Waals surface area contributed by atoms with E-state index in [1.807, 2.05) is 6.92 Å². The number of benzene rings is 1. The molecule has 2 rings (SSSR count). The minimum atomic E-state index is -4.44. The summed E-state index contributed by atoms with van der Waals surface area (Å²) < 4.78 is 63.8. The molecule has 0 aliphatic carbocycles. The quantitative estimate of drug-likeness (QED) is 0.581. The Kier molecular flexibility index (Phi) is 6.47. The van der Waals surface area contributed by atoms with Crippen LogP contribution < -0.4 is 5.32 Å². The van der Waals surface area contributed by atoms with Crippen molar-refractivity contribution >= 4 is 0 Å². The normalized spacial score (nSPS) is 13.0. The van der Waals surface area contributed by atoms with Gasteiger partial charge >= 0.3 is 6.18 Å². The van der Waals surface area contributed by atoms with E-state index in [9.17, 15) is 22.0 Å². The minimum Gasteiger partial charge on any atom is -0.314 e. The zero-order chi connectivity index (χ0) is 18.4. The Morgan fingerprint density at radius 2 is 1.80 bits per heavy atom. The molecular formula is C18H19F5N2. The SMILES string of the molecule is CC(Cc1ccc(F)c(F)c1)NCCCc1ccnc(C(F)(F)F)c1. The van der Waals surface area contributed by atoms with Gasteiger partial charge in [-0.2, -0.15) is 13.2 Å². The van der Waals surface area contributed by atoms with Gasteiger partial charge in [-0.3, -0.25) is 4.98 Å². The summed E-state index contributed by atoms with van der Waals surface area (Å²) in [6.07, 6.45) is -1.59. The lowest BCUT2D eigenvalue weighted by molar-refractivity contribution is -0.141. The molecule has 0 aliphatic rings. The molecule has 0 amide bonds. The van der Waals surface area contributed by atoms with Gasteiger partial charge in [0.15, 0.2) is 11.6 Å². The topological polar surface area (TPSA) is 24.9 Å². The van der Waals surface area contributed by atoms with Crippen molar-refractivity contribution < 1.29 is 22.0 Å². The van der Waals surface area contributed by atoms with Gasteiger partial charge in [0, 0.05) is 12.2 Å². The first-order valence-electron chi connectivity index (χ1n) is 7.95. The summed E-state index contributed by atoms with van der Waals surface area (Å²) in [5, 5.41) is 3.23. The maximum Gasteiger partial charge on any atom is 0.433 e. The number of hydrogen-bond donors (Lipinski definition) is 1. The van der Waals surface area contributed by atoms with Crippen LogP contribution in [0, 0.1) is 11.6 Å². The van der Waals surface area contributed by atoms with Gasteiger partial charge in [-0.25, -0.2) is 8.78 Å². The van der Waals surface area contributed by atoms with Crippen LogP contribution in [0.25, 0.3) is 0 Å². The fourth-order valence-electron chi connectivity index (χ4n) is 2.52. The maximum atomic E-state index is 13.2. The summed E-state index contributed by atoms with van der Waals surface area (Å²) in [7, 11) is 0. The molecule has 0 fully saturated rings. The second-order valence-corrected chi connectivity index (χ2v) is 5.96. The standard InChI is InChI=1S/C18H19F5N2/c1-12(9-14-4-5-15(19)16(20)10-14)24-7-2-3-13-6-8-25-17(11-13)18(21,22)23/h4-6,8,10-12,24H,2-3,7,9H2,1H3. The van der Waals surface area contributed by atoms with Gasteiger partial charge in [0.25, 0.3) is 0 Å². The number of nitrogens with zero attached hydrogens (tertiary/aromatic N) is 1. The number of aromatic nitrogens is 1. The summed E-state index contributed by atoms with van der Waals surface area (Å²) >= 11 is 0. The van der Waals surface area contributed by atoms with Crippen LogP contribution >= 0.6 is 0 Å². The molecule has 7 heteroatoms. The summed E-state index contributed by atoms with van der Waals surface area (Å²) in [5.74, 6) is -1.75. The van der Waals surface area contributed by atoms with Crippen LogP contribution in [-0.2, 0) is 19.0 Å². The van der Waals surface area contributed by atoms with Crippen LogP contribution in [-0.4, -0.2) is 17.6 Å². The number of alkyl halides is 3. The lowest BCUT2D eigenvalue weighted by Gasteiger charge is -2.14. The van der Waals surface area contributed by atoms with Gasteiger partial charge < -0.3 is 5.32 Å². The van der Waals surface area contributed by atoms with Crippen molar-refractivity contribution in [3.05, 3.63) is 65.0 Å². The van der Waals surface area contributed by atoms with E-state index in [-0.39, 0.29) is 6.04 Å². The molecule has 2 aromatic rings. The van der Waals surface area contributed by atoms with Gasteiger partial charge in [-0.1, -0.05) is 6.07 Å². The number of rotatable bonds is 7. The molecule has 1 N–H and O–H groups in total. The fraction of sp³-hybridized carbons (Fsp3) is 0.389. The highest BCUT2D eigenvalue weighted by molar-refractivity contribution is 5.19. The molecule has 1 unspecified atom stereocenters. The largest absolute Gasteiger partial charge is 0.433 e. The Morgan fingerprint density at radius 1 is 1.04 bits per heavy atom. The van der Waals surface area contributed by atoms with Crippen LogP contribution in [0.4, 0.5) is 22.0 Å². The Bertz CT molecular complexity index is 700.